The van der Waals surface area contributed by atoms with E-state index >= 15 is 0 Å². The number of aromatic nitrogens is 1. The monoisotopic (exact) mass is 327 g/mol. The Bertz CT molecular complexity index is 500. The van der Waals surface area contributed by atoms with Crippen LogP contribution in [0.15, 0.2) is 5.38 Å². The highest BCUT2D eigenvalue weighted by atomic mass is 32.1. The molecule has 1 heterocycles. The van der Waals surface area contributed by atoms with Crippen LogP contribution in [0.25, 0.3) is 0 Å². The van der Waals surface area contributed by atoms with Crippen molar-refractivity contribution in [2.45, 2.75) is 52.7 Å². The number of hydrogen-bond acceptors (Lipinski definition) is 6. The molecule has 6 nitrogen and oxygen atoms in total. The van der Waals surface area contributed by atoms with Crippen molar-refractivity contribution in [1.29, 1.82) is 0 Å². The summed E-state index contributed by atoms with van der Waals surface area (Å²) in [6.45, 7) is 8.04. The number of rotatable bonds is 8. The number of ether oxygens (including phenoxy) is 1. The van der Waals surface area contributed by atoms with E-state index in [9.17, 15) is 9.59 Å². The maximum absolute atomic E-state index is 12.2. The summed E-state index contributed by atoms with van der Waals surface area (Å²) in [6.07, 6.45) is 0.953. The van der Waals surface area contributed by atoms with Crippen molar-refractivity contribution in [3.63, 3.8) is 0 Å². The predicted octanol–water partition coefficient (Wildman–Crippen LogP) is 1.74. The van der Waals surface area contributed by atoms with Crippen LogP contribution in [0.5, 0.6) is 0 Å². The second-order valence-corrected chi connectivity index (χ2v) is 6.75. The normalized spacial score (nSPS) is 12.5. The van der Waals surface area contributed by atoms with Crippen LogP contribution in [0.4, 0.5) is 0 Å². The molecule has 0 radical (unpaired) electrons. The van der Waals surface area contributed by atoms with E-state index in [1.807, 2.05) is 13.8 Å². The molecule has 0 aliphatic carbocycles. The largest absolute Gasteiger partial charge is 0.461 e. The lowest BCUT2D eigenvalue weighted by atomic mass is 10.0. The zero-order valence-electron chi connectivity index (χ0n) is 13.6. The Kier molecular flexibility index (Phi) is 7.47. The summed E-state index contributed by atoms with van der Waals surface area (Å²) in [5.74, 6) is -0.506. The van der Waals surface area contributed by atoms with E-state index < -0.39 is 12.0 Å². The van der Waals surface area contributed by atoms with Crippen LogP contribution >= 0.6 is 11.3 Å². The standard InChI is InChI=1S/C15H25N3O3S/c1-9(2)7-11(15(20)21-10(3)4)18-14(19)12-8-22-13(17-12)5-6-16/h8-11H,5-7,16H2,1-4H3,(H,18,19)/t11-/m0/s1. The highest BCUT2D eigenvalue weighted by molar-refractivity contribution is 7.09. The molecule has 7 heteroatoms. The maximum atomic E-state index is 12.2. The number of nitrogens with zero attached hydrogens (tertiary/aromatic N) is 1. The summed E-state index contributed by atoms with van der Waals surface area (Å²) < 4.78 is 5.21. The molecule has 22 heavy (non-hydrogen) atoms. The van der Waals surface area contributed by atoms with Gasteiger partial charge in [-0.3, -0.25) is 4.79 Å². The molecular weight excluding hydrogens is 302 g/mol. The lowest BCUT2D eigenvalue weighted by molar-refractivity contribution is -0.150. The highest BCUT2D eigenvalue weighted by Crippen LogP contribution is 2.12. The van der Waals surface area contributed by atoms with Crippen LogP contribution < -0.4 is 11.1 Å². The van der Waals surface area contributed by atoms with Crippen molar-refractivity contribution in [3.8, 4) is 0 Å². The predicted molar refractivity (Wildman–Crippen MR) is 86.8 cm³/mol. The number of nitrogens with one attached hydrogen (secondary N) is 1. The first kappa shape index (κ1) is 18.6. The second-order valence-electron chi connectivity index (χ2n) is 5.81. The first-order chi connectivity index (χ1) is 10.3. The van der Waals surface area contributed by atoms with Crippen LogP contribution in [0.1, 0.15) is 49.6 Å². The van der Waals surface area contributed by atoms with E-state index in [2.05, 4.69) is 10.3 Å². The molecule has 0 aromatic carbocycles. The van der Waals surface area contributed by atoms with Gasteiger partial charge in [0.1, 0.15) is 11.7 Å². The minimum atomic E-state index is -0.658. The fraction of sp³-hybridized carbons (Fsp3) is 0.667. The molecule has 0 spiro atoms. The van der Waals surface area contributed by atoms with Crippen LogP contribution in [-0.2, 0) is 16.0 Å². The summed E-state index contributed by atoms with van der Waals surface area (Å²) in [6, 6.07) is -0.658. The van der Waals surface area contributed by atoms with E-state index in [0.717, 1.165) is 5.01 Å². The second kappa shape index (κ2) is 8.85. The number of esters is 1. The molecule has 1 rings (SSSR count). The van der Waals surface area contributed by atoms with Crippen LogP contribution in [0.3, 0.4) is 0 Å². The number of amides is 1. The molecule has 1 aromatic rings. The van der Waals surface area contributed by atoms with Crippen LogP contribution in [0.2, 0.25) is 0 Å². The first-order valence-corrected chi connectivity index (χ1v) is 8.37. The number of thiazole rings is 1. The van der Waals surface area contributed by atoms with Crippen LogP contribution in [0, 0.1) is 5.92 Å². The van der Waals surface area contributed by atoms with Gasteiger partial charge >= 0.3 is 5.97 Å². The van der Waals surface area contributed by atoms with Gasteiger partial charge in [-0.1, -0.05) is 13.8 Å². The third kappa shape index (κ3) is 6.11. The average Bonchev–Trinajstić information content (AvgIpc) is 2.85. The Balaban J connectivity index is 2.74. The van der Waals surface area contributed by atoms with Crippen molar-refractivity contribution in [2.24, 2.45) is 11.7 Å². The minimum absolute atomic E-state index is 0.213. The van der Waals surface area contributed by atoms with Gasteiger partial charge in [-0.15, -0.1) is 11.3 Å². The molecule has 0 fully saturated rings. The highest BCUT2D eigenvalue weighted by Gasteiger charge is 2.25. The molecular formula is C15H25N3O3S. The third-order valence-electron chi connectivity index (χ3n) is 2.79. The molecule has 1 atom stereocenters. The summed E-state index contributed by atoms with van der Waals surface area (Å²) >= 11 is 1.39. The summed E-state index contributed by atoms with van der Waals surface area (Å²) in [4.78, 5) is 28.6. The van der Waals surface area contributed by atoms with Crippen molar-refractivity contribution in [1.82, 2.24) is 10.3 Å². The van der Waals surface area contributed by atoms with Gasteiger partial charge in [0.25, 0.3) is 5.91 Å². The summed E-state index contributed by atoms with van der Waals surface area (Å²) in [7, 11) is 0. The smallest absolute Gasteiger partial charge is 0.328 e. The Morgan fingerprint density at radius 3 is 2.59 bits per heavy atom. The quantitative estimate of drug-likeness (QED) is 0.709. The van der Waals surface area contributed by atoms with Gasteiger partial charge in [0, 0.05) is 11.8 Å². The third-order valence-corrected chi connectivity index (χ3v) is 3.70. The van der Waals surface area contributed by atoms with E-state index in [1.165, 1.54) is 11.3 Å². The SMILES string of the molecule is CC(C)C[C@H](NC(=O)c1csc(CCN)n1)C(=O)OC(C)C. The van der Waals surface area contributed by atoms with Crippen molar-refractivity contribution in [2.75, 3.05) is 6.54 Å². The molecule has 0 aliphatic heterocycles. The Labute approximate surface area is 135 Å². The van der Waals surface area contributed by atoms with Gasteiger partial charge in [0.15, 0.2) is 0 Å². The molecule has 1 aromatic heterocycles. The van der Waals surface area contributed by atoms with Gasteiger partial charge in [-0.05, 0) is 32.7 Å². The summed E-state index contributed by atoms with van der Waals surface area (Å²) in [5, 5.41) is 5.22. The fourth-order valence-corrected chi connectivity index (χ4v) is 2.68. The summed E-state index contributed by atoms with van der Waals surface area (Å²) in [5.41, 5.74) is 5.79. The Hall–Kier alpha value is -1.47. The number of carbonyl (C=O) groups is 2. The van der Waals surface area contributed by atoms with Gasteiger partial charge in [-0.25, -0.2) is 9.78 Å². The van der Waals surface area contributed by atoms with Gasteiger partial charge in [-0.2, -0.15) is 0 Å². The molecule has 124 valence electrons. The van der Waals surface area contributed by atoms with E-state index in [4.69, 9.17) is 10.5 Å². The van der Waals surface area contributed by atoms with Gasteiger partial charge < -0.3 is 15.8 Å². The first-order valence-electron chi connectivity index (χ1n) is 7.49. The fourth-order valence-electron chi connectivity index (χ4n) is 1.89. The number of nitrogens with two attached hydrogens (primary N) is 1. The van der Waals surface area contributed by atoms with Crippen molar-refractivity contribution in [3.05, 3.63) is 16.1 Å². The van der Waals surface area contributed by atoms with E-state index in [-0.39, 0.29) is 17.9 Å². The lowest BCUT2D eigenvalue weighted by Gasteiger charge is -2.20. The Morgan fingerprint density at radius 2 is 2.05 bits per heavy atom. The van der Waals surface area contributed by atoms with Crippen LogP contribution in [-0.4, -0.2) is 35.6 Å². The molecule has 0 bridgehead atoms. The topological polar surface area (TPSA) is 94.3 Å². The molecule has 0 saturated heterocycles. The molecule has 3 N–H and O–H groups in total. The van der Waals surface area contributed by atoms with E-state index in [0.29, 0.717) is 25.1 Å². The van der Waals surface area contributed by atoms with E-state index in [1.54, 1.807) is 19.2 Å². The molecule has 0 unspecified atom stereocenters. The minimum Gasteiger partial charge on any atom is -0.461 e. The van der Waals surface area contributed by atoms with Crippen molar-refractivity contribution < 1.29 is 14.3 Å². The lowest BCUT2D eigenvalue weighted by Crippen LogP contribution is -2.43. The number of carbonyl (C=O) groups excluding carboxylic acids is 2. The Morgan fingerprint density at radius 1 is 1.36 bits per heavy atom. The molecule has 1 amide bonds. The molecule has 0 aliphatic rings. The average molecular weight is 327 g/mol. The number of hydrogen-bond donors (Lipinski definition) is 2. The van der Waals surface area contributed by atoms with Gasteiger partial charge in [0.05, 0.1) is 11.1 Å². The van der Waals surface area contributed by atoms with Gasteiger partial charge in [0.2, 0.25) is 0 Å². The molecule has 0 saturated carbocycles. The zero-order chi connectivity index (χ0) is 16.7. The van der Waals surface area contributed by atoms with Crippen molar-refractivity contribution >= 4 is 23.2 Å². The maximum Gasteiger partial charge on any atom is 0.328 e. The zero-order valence-corrected chi connectivity index (χ0v) is 14.4.